The van der Waals surface area contributed by atoms with Crippen molar-refractivity contribution < 1.29 is 4.79 Å². The van der Waals surface area contributed by atoms with E-state index in [1.807, 2.05) is 25.1 Å². The van der Waals surface area contributed by atoms with Crippen LogP contribution in [0.15, 0.2) is 18.2 Å². The van der Waals surface area contributed by atoms with Gasteiger partial charge in [0.2, 0.25) is 0 Å². The Morgan fingerprint density at radius 1 is 1.35 bits per heavy atom. The molecule has 20 heavy (non-hydrogen) atoms. The lowest BCUT2D eigenvalue weighted by Gasteiger charge is -2.28. The van der Waals surface area contributed by atoms with Crippen LogP contribution in [0.1, 0.15) is 48.5 Å². The molecule has 1 aliphatic carbocycles. The van der Waals surface area contributed by atoms with Crippen LogP contribution >= 0.6 is 0 Å². The van der Waals surface area contributed by atoms with Gasteiger partial charge in [0.05, 0.1) is 11.3 Å². The van der Waals surface area contributed by atoms with Gasteiger partial charge in [-0.05, 0) is 37.3 Å². The molecule has 2 atom stereocenters. The highest BCUT2D eigenvalue weighted by molar-refractivity contribution is 5.99. The number of carbonyl (C=O) groups excluding carboxylic acids is 1. The number of nitrogen functional groups attached to an aromatic ring is 1. The van der Waals surface area contributed by atoms with Crippen molar-refractivity contribution in [2.45, 2.75) is 39.5 Å². The summed E-state index contributed by atoms with van der Waals surface area (Å²) in [7, 11) is 0. The lowest BCUT2D eigenvalue weighted by Crippen LogP contribution is -2.34. The van der Waals surface area contributed by atoms with Crippen LogP contribution < -0.4 is 16.6 Å². The molecule has 0 spiro atoms. The number of aryl methyl sites for hydroxylation is 1. The van der Waals surface area contributed by atoms with Crippen LogP contribution in [0.3, 0.4) is 0 Å². The lowest BCUT2D eigenvalue weighted by atomic mass is 9.80. The second kappa shape index (κ2) is 6.75. The minimum absolute atomic E-state index is 0.0422. The molecule has 2 unspecified atom stereocenters. The van der Waals surface area contributed by atoms with Gasteiger partial charge in [0.1, 0.15) is 0 Å². The van der Waals surface area contributed by atoms with Crippen LogP contribution in [-0.4, -0.2) is 12.5 Å². The SMILES string of the molecule is Cc1ccc(NN)c(C(=O)NCC2CCCCC2C)c1. The average molecular weight is 275 g/mol. The number of benzene rings is 1. The quantitative estimate of drug-likeness (QED) is 0.584. The van der Waals surface area contributed by atoms with E-state index < -0.39 is 0 Å². The third-order valence-corrected chi connectivity index (χ3v) is 4.39. The molecule has 1 aromatic rings. The monoisotopic (exact) mass is 275 g/mol. The van der Waals surface area contributed by atoms with Crippen LogP contribution in [0.5, 0.6) is 0 Å². The molecule has 0 radical (unpaired) electrons. The van der Waals surface area contributed by atoms with Crippen molar-refractivity contribution in [3.63, 3.8) is 0 Å². The Hall–Kier alpha value is -1.55. The zero-order valence-corrected chi connectivity index (χ0v) is 12.4. The molecular weight excluding hydrogens is 250 g/mol. The molecule has 0 heterocycles. The highest BCUT2D eigenvalue weighted by Gasteiger charge is 2.22. The molecule has 1 amide bonds. The van der Waals surface area contributed by atoms with E-state index in [1.54, 1.807) is 0 Å². The molecule has 2 rings (SSSR count). The predicted octanol–water partition coefficient (Wildman–Crippen LogP) is 2.84. The molecule has 0 aromatic heterocycles. The maximum atomic E-state index is 12.3. The second-order valence-corrected chi connectivity index (χ2v) is 5.93. The number of rotatable bonds is 4. The van der Waals surface area contributed by atoms with Gasteiger partial charge in [-0.2, -0.15) is 0 Å². The van der Waals surface area contributed by atoms with E-state index in [4.69, 9.17) is 5.84 Å². The second-order valence-electron chi connectivity index (χ2n) is 5.93. The molecule has 1 fully saturated rings. The Morgan fingerprint density at radius 3 is 2.80 bits per heavy atom. The van der Waals surface area contributed by atoms with Crippen LogP contribution in [0, 0.1) is 18.8 Å². The summed E-state index contributed by atoms with van der Waals surface area (Å²) in [6, 6.07) is 5.65. The molecular formula is C16H25N3O. The highest BCUT2D eigenvalue weighted by Crippen LogP contribution is 2.29. The Labute approximate surface area is 121 Å². The van der Waals surface area contributed by atoms with E-state index in [0.717, 1.165) is 12.1 Å². The first-order chi connectivity index (χ1) is 9.61. The summed E-state index contributed by atoms with van der Waals surface area (Å²) in [5, 5.41) is 3.07. The fourth-order valence-electron chi connectivity index (χ4n) is 2.99. The molecule has 4 N–H and O–H groups in total. The number of nitrogens with two attached hydrogens (primary N) is 1. The van der Waals surface area contributed by atoms with Gasteiger partial charge in [0.25, 0.3) is 5.91 Å². The average Bonchev–Trinajstić information content (AvgIpc) is 2.46. The summed E-state index contributed by atoms with van der Waals surface area (Å²) >= 11 is 0. The Bertz CT molecular complexity index is 473. The van der Waals surface area contributed by atoms with Crippen molar-refractivity contribution in [1.82, 2.24) is 5.32 Å². The highest BCUT2D eigenvalue weighted by atomic mass is 16.1. The fourth-order valence-corrected chi connectivity index (χ4v) is 2.99. The Morgan fingerprint density at radius 2 is 2.10 bits per heavy atom. The lowest BCUT2D eigenvalue weighted by molar-refractivity contribution is 0.0937. The number of hydrogen-bond acceptors (Lipinski definition) is 3. The van der Waals surface area contributed by atoms with Gasteiger partial charge in [-0.15, -0.1) is 0 Å². The third-order valence-electron chi connectivity index (χ3n) is 4.39. The van der Waals surface area contributed by atoms with Crippen molar-refractivity contribution in [3.8, 4) is 0 Å². The zero-order valence-electron chi connectivity index (χ0n) is 12.4. The van der Waals surface area contributed by atoms with Crippen molar-refractivity contribution in [3.05, 3.63) is 29.3 Å². The molecule has 110 valence electrons. The minimum Gasteiger partial charge on any atom is -0.352 e. The van der Waals surface area contributed by atoms with Crippen LogP contribution in [-0.2, 0) is 0 Å². The number of carbonyl (C=O) groups is 1. The number of hydrazine groups is 1. The summed E-state index contributed by atoms with van der Waals surface area (Å²) < 4.78 is 0. The number of nitrogens with one attached hydrogen (secondary N) is 2. The van der Waals surface area contributed by atoms with E-state index in [-0.39, 0.29) is 5.91 Å². The van der Waals surface area contributed by atoms with Gasteiger partial charge < -0.3 is 10.7 Å². The van der Waals surface area contributed by atoms with Crippen molar-refractivity contribution in [2.24, 2.45) is 17.7 Å². The summed E-state index contributed by atoms with van der Waals surface area (Å²) in [6.07, 6.45) is 5.10. The summed E-state index contributed by atoms with van der Waals surface area (Å²) in [4.78, 5) is 12.3. The van der Waals surface area contributed by atoms with E-state index >= 15 is 0 Å². The van der Waals surface area contributed by atoms with Crippen molar-refractivity contribution in [2.75, 3.05) is 12.0 Å². The van der Waals surface area contributed by atoms with E-state index in [0.29, 0.717) is 23.1 Å². The fraction of sp³-hybridized carbons (Fsp3) is 0.562. The number of anilines is 1. The topological polar surface area (TPSA) is 67.1 Å². The first-order valence-corrected chi connectivity index (χ1v) is 7.47. The van der Waals surface area contributed by atoms with Gasteiger partial charge in [-0.1, -0.05) is 37.8 Å². The van der Waals surface area contributed by atoms with Crippen LogP contribution in [0.2, 0.25) is 0 Å². The molecule has 4 heteroatoms. The Kier molecular flexibility index (Phi) is 5.01. The maximum absolute atomic E-state index is 12.3. The first-order valence-electron chi connectivity index (χ1n) is 7.47. The van der Waals surface area contributed by atoms with Gasteiger partial charge >= 0.3 is 0 Å². The summed E-state index contributed by atoms with van der Waals surface area (Å²) in [5.74, 6) is 6.73. The standard InChI is InChI=1S/C16H25N3O/c1-11-7-8-15(19-17)14(9-11)16(20)18-10-13-6-4-3-5-12(13)2/h7-9,12-13,19H,3-6,10,17H2,1-2H3,(H,18,20). The Balaban J connectivity index is 1.99. The molecule has 0 bridgehead atoms. The van der Waals surface area contributed by atoms with E-state index in [1.165, 1.54) is 25.7 Å². The van der Waals surface area contributed by atoms with Crippen molar-refractivity contribution in [1.29, 1.82) is 0 Å². The molecule has 4 nitrogen and oxygen atoms in total. The molecule has 0 aliphatic heterocycles. The number of hydrogen-bond donors (Lipinski definition) is 3. The molecule has 1 aliphatic rings. The van der Waals surface area contributed by atoms with Crippen LogP contribution in [0.4, 0.5) is 5.69 Å². The van der Waals surface area contributed by atoms with E-state index in [2.05, 4.69) is 17.7 Å². The van der Waals surface area contributed by atoms with Gasteiger partial charge in [-0.3, -0.25) is 10.6 Å². The maximum Gasteiger partial charge on any atom is 0.253 e. The summed E-state index contributed by atoms with van der Waals surface area (Å²) in [6.45, 7) is 5.02. The molecule has 0 saturated heterocycles. The predicted molar refractivity (Wildman–Crippen MR) is 82.4 cm³/mol. The normalized spacial score (nSPS) is 22.4. The molecule has 1 aromatic carbocycles. The third kappa shape index (κ3) is 3.51. The zero-order chi connectivity index (χ0) is 14.5. The van der Waals surface area contributed by atoms with E-state index in [9.17, 15) is 4.79 Å². The molecule has 1 saturated carbocycles. The summed E-state index contributed by atoms with van der Waals surface area (Å²) in [5.41, 5.74) is 4.94. The van der Waals surface area contributed by atoms with Gasteiger partial charge in [0.15, 0.2) is 0 Å². The smallest absolute Gasteiger partial charge is 0.253 e. The van der Waals surface area contributed by atoms with Gasteiger partial charge in [-0.25, -0.2) is 0 Å². The first kappa shape index (κ1) is 14.9. The minimum atomic E-state index is -0.0422. The van der Waals surface area contributed by atoms with Crippen LogP contribution in [0.25, 0.3) is 0 Å². The largest absolute Gasteiger partial charge is 0.352 e. The van der Waals surface area contributed by atoms with Crippen molar-refractivity contribution >= 4 is 11.6 Å². The van der Waals surface area contributed by atoms with Gasteiger partial charge in [0, 0.05) is 6.54 Å². The number of amides is 1.